The summed E-state index contributed by atoms with van der Waals surface area (Å²) in [7, 11) is -3.25. The molecule has 1 aromatic heterocycles. The molecule has 0 aliphatic carbocycles. The van der Waals surface area contributed by atoms with E-state index in [-0.39, 0.29) is 10.8 Å². The molecular weight excluding hydrogens is 340 g/mol. The molecule has 0 fully saturated rings. The van der Waals surface area contributed by atoms with Crippen LogP contribution in [0.2, 0.25) is 0 Å². The summed E-state index contributed by atoms with van der Waals surface area (Å²) >= 11 is 0. The fourth-order valence-corrected chi connectivity index (χ4v) is 2.97. The maximum absolute atomic E-state index is 11.5. The molecule has 0 bridgehead atoms. The smallest absolute Gasteiger partial charge is 0.211 e. The van der Waals surface area contributed by atoms with Crippen molar-refractivity contribution >= 4 is 15.5 Å². The van der Waals surface area contributed by atoms with E-state index in [9.17, 15) is 13.5 Å². The second-order valence-corrected chi connectivity index (χ2v) is 7.55. The summed E-state index contributed by atoms with van der Waals surface area (Å²) in [4.78, 5) is 3.97. The van der Waals surface area contributed by atoms with Crippen LogP contribution in [0, 0.1) is 0 Å². The van der Waals surface area contributed by atoms with E-state index in [1.165, 1.54) is 24.4 Å². The summed E-state index contributed by atoms with van der Waals surface area (Å²) < 4.78 is 28.8. The average molecular weight is 356 g/mol. The van der Waals surface area contributed by atoms with Gasteiger partial charge in [-0.15, -0.1) is 0 Å². The van der Waals surface area contributed by atoms with Crippen molar-refractivity contribution in [1.29, 1.82) is 0 Å². The first-order valence-electron chi connectivity index (χ1n) is 7.35. The van der Waals surface area contributed by atoms with E-state index in [0.29, 0.717) is 17.2 Å². The van der Waals surface area contributed by atoms with E-state index in [2.05, 4.69) is 4.98 Å². The van der Waals surface area contributed by atoms with Crippen LogP contribution in [0.3, 0.4) is 0 Å². The van der Waals surface area contributed by atoms with Crippen LogP contribution in [0.15, 0.2) is 65.7 Å². The molecule has 128 valence electrons. The van der Waals surface area contributed by atoms with Crippen molar-refractivity contribution in [2.75, 3.05) is 12.0 Å². The molecule has 0 unspecified atom stereocenters. The van der Waals surface area contributed by atoms with Crippen molar-refractivity contribution in [3.05, 3.63) is 60.8 Å². The molecule has 0 saturated carbocycles. The molecule has 6 nitrogen and oxygen atoms in total. The zero-order valence-electron chi connectivity index (χ0n) is 13.4. The molecule has 25 heavy (non-hydrogen) atoms. The van der Waals surface area contributed by atoms with Gasteiger partial charge in [0, 0.05) is 30.3 Å². The van der Waals surface area contributed by atoms with Gasteiger partial charge in [-0.1, -0.05) is 0 Å². The Morgan fingerprint density at radius 1 is 0.960 bits per heavy atom. The number of aromatic hydroxyl groups is 1. The Bertz CT molecular complexity index is 1020. The highest BCUT2D eigenvalue weighted by Crippen LogP contribution is 2.31. The number of nitrogens with two attached hydrogens (primary N) is 1. The Morgan fingerprint density at radius 2 is 1.68 bits per heavy atom. The molecule has 0 atom stereocenters. The van der Waals surface area contributed by atoms with Crippen molar-refractivity contribution < 1.29 is 18.3 Å². The van der Waals surface area contributed by atoms with Crippen LogP contribution in [-0.4, -0.2) is 24.8 Å². The number of nitrogens with zero attached hydrogens (tertiary/aromatic N) is 1. The normalized spacial score (nSPS) is 11.2. The van der Waals surface area contributed by atoms with Gasteiger partial charge in [0.05, 0.1) is 4.90 Å². The minimum Gasteiger partial charge on any atom is -0.493 e. The molecule has 0 radical (unpaired) electrons. The van der Waals surface area contributed by atoms with Gasteiger partial charge >= 0.3 is 0 Å². The molecule has 0 spiro atoms. The molecule has 0 saturated heterocycles. The van der Waals surface area contributed by atoms with E-state index in [1.54, 1.807) is 36.4 Å². The quantitative estimate of drug-likeness (QED) is 0.696. The van der Waals surface area contributed by atoms with E-state index in [0.717, 1.165) is 17.4 Å². The first-order chi connectivity index (χ1) is 11.8. The van der Waals surface area contributed by atoms with Crippen LogP contribution in [0.5, 0.6) is 17.4 Å². The van der Waals surface area contributed by atoms with E-state index in [4.69, 9.17) is 10.5 Å². The summed E-state index contributed by atoms with van der Waals surface area (Å²) in [5.74, 6) is 0.902. The van der Waals surface area contributed by atoms with Crippen LogP contribution in [0.4, 0.5) is 5.69 Å². The molecule has 3 N–H and O–H groups in total. The lowest BCUT2D eigenvalue weighted by molar-refractivity contribution is 0.454. The van der Waals surface area contributed by atoms with Crippen molar-refractivity contribution in [3.8, 4) is 28.5 Å². The van der Waals surface area contributed by atoms with Crippen LogP contribution in [0.25, 0.3) is 11.1 Å². The van der Waals surface area contributed by atoms with Gasteiger partial charge in [0.1, 0.15) is 11.5 Å². The third-order valence-electron chi connectivity index (χ3n) is 3.50. The van der Waals surface area contributed by atoms with Crippen LogP contribution < -0.4 is 10.5 Å². The maximum Gasteiger partial charge on any atom is 0.211 e. The number of hydrogen-bond donors (Lipinski definition) is 2. The van der Waals surface area contributed by atoms with E-state index in [1.807, 2.05) is 0 Å². The topological polar surface area (TPSA) is 103 Å². The van der Waals surface area contributed by atoms with Crippen molar-refractivity contribution in [1.82, 2.24) is 4.98 Å². The van der Waals surface area contributed by atoms with Crippen LogP contribution in [0.1, 0.15) is 0 Å². The fraction of sp³-hybridized carbons (Fsp3) is 0.0556. The number of pyridine rings is 1. The third kappa shape index (κ3) is 4.07. The van der Waals surface area contributed by atoms with Crippen molar-refractivity contribution in [2.45, 2.75) is 4.90 Å². The minimum atomic E-state index is -3.25. The number of nitrogen functional groups attached to an aromatic ring is 1. The predicted molar refractivity (Wildman–Crippen MR) is 95.4 cm³/mol. The zero-order chi connectivity index (χ0) is 18.0. The molecule has 0 aliphatic heterocycles. The highest BCUT2D eigenvalue weighted by atomic mass is 32.2. The first kappa shape index (κ1) is 16.8. The Kier molecular flexibility index (Phi) is 4.33. The standard InChI is InChI=1S/C18H16N2O4S/c1-25(22,23)17-4-2-15(3-5-17)24-16-9-13(8-14(19)11-16)12-6-7-20-18(21)10-12/h2-11H,19H2,1H3,(H,20,21). The van der Waals surface area contributed by atoms with Gasteiger partial charge in [-0.3, -0.25) is 0 Å². The Balaban J connectivity index is 1.91. The molecule has 2 aromatic carbocycles. The fourth-order valence-electron chi connectivity index (χ4n) is 2.34. The second-order valence-electron chi connectivity index (χ2n) is 5.54. The van der Waals surface area contributed by atoms with Gasteiger partial charge in [-0.25, -0.2) is 13.4 Å². The SMILES string of the molecule is CS(=O)(=O)c1ccc(Oc2cc(N)cc(-c3ccnc(O)c3)c2)cc1. The van der Waals surface area contributed by atoms with E-state index >= 15 is 0 Å². The molecule has 7 heteroatoms. The Labute approximate surface area is 145 Å². The van der Waals surface area contributed by atoms with Crippen molar-refractivity contribution in [3.63, 3.8) is 0 Å². The number of hydrogen-bond acceptors (Lipinski definition) is 6. The predicted octanol–water partition coefficient (Wildman–Crippen LogP) is 3.23. The monoisotopic (exact) mass is 356 g/mol. The molecule has 1 heterocycles. The van der Waals surface area contributed by atoms with Crippen LogP contribution >= 0.6 is 0 Å². The molecule has 3 aromatic rings. The molecule has 0 aliphatic rings. The number of aromatic nitrogens is 1. The summed E-state index contributed by atoms with van der Waals surface area (Å²) in [6, 6.07) is 14.6. The highest BCUT2D eigenvalue weighted by Gasteiger charge is 2.08. The lowest BCUT2D eigenvalue weighted by atomic mass is 10.1. The van der Waals surface area contributed by atoms with Gasteiger partial charge in [0.2, 0.25) is 5.88 Å². The maximum atomic E-state index is 11.5. The molecule has 3 rings (SSSR count). The average Bonchev–Trinajstić information content (AvgIpc) is 2.54. The highest BCUT2D eigenvalue weighted by molar-refractivity contribution is 7.90. The van der Waals surface area contributed by atoms with Gasteiger partial charge in [0.25, 0.3) is 0 Å². The summed E-state index contributed by atoms with van der Waals surface area (Å²) in [6.45, 7) is 0. The first-order valence-corrected chi connectivity index (χ1v) is 9.24. The minimum absolute atomic E-state index is 0.0845. The lowest BCUT2D eigenvalue weighted by Gasteiger charge is -2.10. The zero-order valence-corrected chi connectivity index (χ0v) is 14.2. The molecular formula is C18H16N2O4S. The third-order valence-corrected chi connectivity index (χ3v) is 4.62. The largest absolute Gasteiger partial charge is 0.493 e. The summed E-state index contributed by atoms with van der Waals surface area (Å²) in [5, 5.41) is 9.52. The van der Waals surface area contributed by atoms with Gasteiger partial charge in [-0.05, 0) is 53.6 Å². The number of anilines is 1. The lowest BCUT2D eigenvalue weighted by Crippen LogP contribution is -1.96. The van der Waals surface area contributed by atoms with Gasteiger partial charge in [-0.2, -0.15) is 0 Å². The number of rotatable bonds is 4. The number of ether oxygens (including phenoxy) is 1. The van der Waals surface area contributed by atoms with Gasteiger partial charge < -0.3 is 15.6 Å². The van der Waals surface area contributed by atoms with E-state index < -0.39 is 9.84 Å². The van der Waals surface area contributed by atoms with Gasteiger partial charge in [0.15, 0.2) is 9.84 Å². The summed E-state index contributed by atoms with van der Waals surface area (Å²) in [6.07, 6.45) is 2.65. The summed E-state index contributed by atoms with van der Waals surface area (Å²) in [5.41, 5.74) is 7.94. The van der Waals surface area contributed by atoms with Crippen molar-refractivity contribution in [2.24, 2.45) is 0 Å². The molecule has 0 amide bonds. The second kappa shape index (κ2) is 6.45. The Morgan fingerprint density at radius 3 is 2.32 bits per heavy atom. The number of benzene rings is 2. The Hall–Kier alpha value is -3.06. The van der Waals surface area contributed by atoms with Crippen LogP contribution in [-0.2, 0) is 9.84 Å². The number of sulfone groups is 1.